The molecule has 1 unspecified atom stereocenters. The molecule has 1 atom stereocenters. The van der Waals surface area contributed by atoms with Crippen LogP contribution in [0.5, 0.6) is 0 Å². The molecular formula is C25H33NO3. The second kappa shape index (κ2) is 8.29. The molecule has 1 aliphatic rings. The number of carbonyl (C=O) groups is 1. The predicted molar refractivity (Wildman–Crippen MR) is 117 cm³/mol. The highest BCUT2D eigenvalue weighted by atomic mass is 16.6. The first kappa shape index (κ1) is 21.5. The Balaban J connectivity index is 2.34. The van der Waals surface area contributed by atoms with Gasteiger partial charge in [0.25, 0.3) is 0 Å². The quantitative estimate of drug-likeness (QED) is 0.744. The van der Waals surface area contributed by atoms with Gasteiger partial charge in [-0.15, -0.1) is 0 Å². The van der Waals surface area contributed by atoms with Gasteiger partial charge >= 0.3 is 5.97 Å². The number of benzene rings is 2. The van der Waals surface area contributed by atoms with E-state index in [1.165, 1.54) is 29.4 Å². The van der Waals surface area contributed by atoms with Crippen LogP contribution in [0.2, 0.25) is 0 Å². The first-order valence-electron chi connectivity index (χ1n) is 10.3. The maximum atomic E-state index is 12.9. The molecular weight excluding hydrogens is 362 g/mol. The standard InChI is InChI=1S/C25H33NO3/c1-15-8-10-18(11-9-15)21-16(2)19-12-13-26-14-20(19)17(3)22(21)23(24(27)28-7)29-25(4,5)6/h8-11,23,26H,12-14H2,1-7H3. The van der Waals surface area contributed by atoms with Gasteiger partial charge in [0.05, 0.1) is 12.7 Å². The van der Waals surface area contributed by atoms with Crippen LogP contribution in [0.1, 0.15) is 60.3 Å². The van der Waals surface area contributed by atoms with Crippen LogP contribution >= 0.6 is 0 Å². The third-order valence-electron chi connectivity index (χ3n) is 5.66. The molecule has 1 N–H and O–H groups in total. The summed E-state index contributed by atoms with van der Waals surface area (Å²) in [5.74, 6) is -0.362. The van der Waals surface area contributed by atoms with Crippen LogP contribution in [0.25, 0.3) is 11.1 Å². The smallest absolute Gasteiger partial charge is 0.339 e. The van der Waals surface area contributed by atoms with Gasteiger partial charge in [-0.3, -0.25) is 0 Å². The molecule has 0 spiro atoms. The lowest BCUT2D eigenvalue weighted by atomic mass is 9.80. The molecule has 1 aliphatic heterocycles. The summed E-state index contributed by atoms with van der Waals surface area (Å²) in [5, 5.41) is 3.48. The van der Waals surface area contributed by atoms with Gasteiger partial charge in [-0.1, -0.05) is 29.8 Å². The molecule has 0 saturated heterocycles. The molecule has 156 valence electrons. The number of aryl methyl sites for hydroxylation is 1. The van der Waals surface area contributed by atoms with Gasteiger partial charge in [-0.25, -0.2) is 4.79 Å². The zero-order chi connectivity index (χ0) is 21.3. The fraction of sp³-hybridized carbons (Fsp3) is 0.480. The molecule has 0 amide bonds. The molecule has 0 aliphatic carbocycles. The number of methoxy groups -OCH3 is 1. The molecule has 29 heavy (non-hydrogen) atoms. The number of esters is 1. The number of fused-ring (bicyclic) bond motifs is 1. The van der Waals surface area contributed by atoms with Gasteiger partial charge in [0.1, 0.15) is 0 Å². The molecule has 4 heteroatoms. The van der Waals surface area contributed by atoms with Gasteiger partial charge in [0.15, 0.2) is 6.10 Å². The highest BCUT2D eigenvalue weighted by Gasteiger charge is 2.34. The summed E-state index contributed by atoms with van der Waals surface area (Å²) in [5.41, 5.74) is 8.88. The molecule has 0 aromatic heterocycles. The lowest BCUT2D eigenvalue weighted by molar-refractivity contribution is -0.164. The van der Waals surface area contributed by atoms with E-state index in [1.807, 2.05) is 20.8 Å². The van der Waals surface area contributed by atoms with Crippen LogP contribution < -0.4 is 5.32 Å². The van der Waals surface area contributed by atoms with Gasteiger partial charge in [-0.2, -0.15) is 0 Å². The second-order valence-corrected chi connectivity index (χ2v) is 8.92. The fourth-order valence-electron chi connectivity index (χ4n) is 4.27. The zero-order valence-corrected chi connectivity index (χ0v) is 18.7. The van der Waals surface area contributed by atoms with Crippen molar-refractivity contribution in [2.24, 2.45) is 0 Å². The minimum Gasteiger partial charge on any atom is -0.467 e. The zero-order valence-electron chi connectivity index (χ0n) is 18.7. The maximum Gasteiger partial charge on any atom is 0.339 e. The van der Waals surface area contributed by atoms with Gasteiger partial charge in [0.2, 0.25) is 0 Å². The van der Waals surface area contributed by atoms with E-state index in [9.17, 15) is 4.79 Å². The summed E-state index contributed by atoms with van der Waals surface area (Å²) < 4.78 is 11.5. The molecule has 3 rings (SSSR count). The normalized spacial score (nSPS) is 15.0. The van der Waals surface area contributed by atoms with Crippen molar-refractivity contribution < 1.29 is 14.3 Å². The Labute approximate surface area is 174 Å². The second-order valence-electron chi connectivity index (χ2n) is 8.92. The molecule has 0 fully saturated rings. The number of hydrogen-bond acceptors (Lipinski definition) is 4. The van der Waals surface area contributed by atoms with E-state index in [2.05, 4.69) is 50.4 Å². The lowest BCUT2D eigenvalue weighted by Gasteiger charge is -2.33. The van der Waals surface area contributed by atoms with Crippen molar-refractivity contribution in [1.82, 2.24) is 5.32 Å². The number of nitrogens with one attached hydrogen (secondary N) is 1. The van der Waals surface area contributed by atoms with Crippen LogP contribution in [0.3, 0.4) is 0 Å². The SMILES string of the molecule is COC(=O)C(OC(C)(C)C)c1c(C)c2c(c(C)c1-c1ccc(C)cc1)CCNC2. The number of rotatable bonds is 4. The Bertz CT molecular complexity index is 907. The minimum absolute atomic E-state index is 0.362. The van der Waals surface area contributed by atoms with Gasteiger partial charge < -0.3 is 14.8 Å². The van der Waals surface area contributed by atoms with Crippen molar-refractivity contribution in [2.75, 3.05) is 13.7 Å². The van der Waals surface area contributed by atoms with Gasteiger partial charge in [-0.05, 0) is 87.9 Å². The van der Waals surface area contributed by atoms with E-state index in [0.717, 1.165) is 41.8 Å². The van der Waals surface area contributed by atoms with Crippen LogP contribution in [0.4, 0.5) is 0 Å². The molecule has 0 radical (unpaired) electrons. The first-order chi connectivity index (χ1) is 13.6. The average molecular weight is 396 g/mol. The van der Waals surface area contributed by atoms with E-state index in [-0.39, 0.29) is 5.97 Å². The summed E-state index contributed by atoms with van der Waals surface area (Å²) in [6.45, 7) is 14.1. The molecule has 4 nitrogen and oxygen atoms in total. The molecule has 0 saturated carbocycles. The highest BCUT2D eigenvalue weighted by Crippen LogP contribution is 2.42. The lowest BCUT2D eigenvalue weighted by Crippen LogP contribution is -2.31. The Hall–Kier alpha value is -2.17. The summed E-state index contributed by atoms with van der Waals surface area (Å²) in [7, 11) is 1.43. The maximum absolute atomic E-state index is 12.9. The Morgan fingerprint density at radius 2 is 1.69 bits per heavy atom. The number of ether oxygens (including phenoxy) is 2. The van der Waals surface area contributed by atoms with Crippen LogP contribution in [0, 0.1) is 20.8 Å². The van der Waals surface area contributed by atoms with E-state index in [0.29, 0.717) is 0 Å². The highest BCUT2D eigenvalue weighted by molar-refractivity contribution is 5.85. The largest absolute Gasteiger partial charge is 0.467 e. The van der Waals surface area contributed by atoms with Gasteiger partial charge in [0, 0.05) is 12.1 Å². The first-order valence-corrected chi connectivity index (χ1v) is 10.3. The van der Waals surface area contributed by atoms with Crippen LogP contribution in [0.15, 0.2) is 24.3 Å². The summed E-state index contributed by atoms with van der Waals surface area (Å²) in [6.07, 6.45) is 0.215. The third-order valence-corrected chi connectivity index (χ3v) is 5.66. The Kier molecular flexibility index (Phi) is 6.16. The molecule has 1 heterocycles. The topological polar surface area (TPSA) is 47.6 Å². The van der Waals surface area contributed by atoms with E-state index in [4.69, 9.17) is 9.47 Å². The van der Waals surface area contributed by atoms with Crippen LogP contribution in [-0.2, 0) is 27.2 Å². The van der Waals surface area contributed by atoms with E-state index < -0.39 is 11.7 Å². The van der Waals surface area contributed by atoms with Crippen molar-refractivity contribution in [3.8, 4) is 11.1 Å². The summed E-state index contributed by atoms with van der Waals surface area (Å²) in [6, 6.07) is 8.51. The minimum atomic E-state index is -0.776. The number of hydrogen-bond donors (Lipinski definition) is 1. The third kappa shape index (κ3) is 4.39. The van der Waals surface area contributed by atoms with E-state index in [1.54, 1.807) is 0 Å². The fourth-order valence-corrected chi connectivity index (χ4v) is 4.27. The van der Waals surface area contributed by atoms with Crippen molar-refractivity contribution in [3.05, 3.63) is 57.6 Å². The summed E-state index contributed by atoms with van der Waals surface area (Å²) >= 11 is 0. The van der Waals surface area contributed by atoms with Crippen molar-refractivity contribution >= 4 is 5.97 Å². The predicted octanol–water partition coefficient (Wildman–Crippen LogP) is 4.95. The Morgan fingerprint density at radius 1 is 1.03 bits per heavy atom. The Morgan fingerprint density at radius 3 is 2.28 bits per heavy atom. The van der Waals surface area contributed by atoms with Crippen molar-refractivity contribution in [1.29, 1.82) is 0 Å². The van der Waals surface area contributed by atoms with Crippen LogP contribution in [-0.4, -0.2) is 25.2 Å². The van der Waals surface area contributed by atoms with Crippen molar-refractivity contribution in [2.45, 2.75) is 66.2 Å². The molecule has 2 aromatic carbocycles. The number of carbonyl (C=O) groups excluding carboxylic acids is 1. The average Bonchev–Trinajstić information content (AvgIpc) is 2.68. The van der Waals surface area contributed by atoms with Crippen molar-refractivity contribution in [3.63, 3.8) is 0 Å². The monoisotopic (exact) mass is 395 g/mol. The van der Waals surface area contributed by atoms with E-state index >= 15 is 0 Å². The summed E-state index contributed by atoms with van der Waals surface area (Å²) in [4.78, 5) is 12.9. The molecule has 2 aromatic rings. The molecule has 0 bridgehead atoms.